The number of carbonyl (C=O) groups is 2. The second-order valence-electron chi connectivity index (χ2n) is 6.45. The van der Waals surface area contributed by atoms with Crippen molar-refractivity contribution < 1.29 is 23.8 Å². The van der Waals surface area contributed by atoms with E-state index >= 15 is 0 Å². The van der Waals surface area contributed by atoms with Crippen LogP contribution in [-0.2, 0) is 23.8 Å². The van der Waals surface area contributed by atoms with Crippen LogP contribution >= 0.6 is 0 Å². The Morgan fingerprint density at radius 2 is 1.86 bits per heavy atom. The van der Waals surface area contributed by atoms with Crippen LogP contribution in [0.25, 0.3) is 0 Å². The van der Waals surface area contributed by atoms with Crippen LogP contribution < -0.4 is 0 Å². The number of methoxy groups -OCH3 is 1. The molecule has 0 amide bonds. The van der Waals surface area contributed by atoms with Crippen molar-refractivity contribution >= 4 is 12.3 Å². The molecule has 0 aromatic rings. The molecule has 0 aromatic carbocycles. The minimum Gasteiger partial charge on any atom is -0.467 e. The fraction of sp³-hybridized carbons (Fsp3) is 0.765. The smallest absolute Gasteiger partial charge is 0.338 e. The van der Waals surface area contributed by atoms with Crippen LogP contribution in [0.3, 0.4) is 0 Å². The van der Waals surface area contributed by atoms with Gasteiger partial charge in [0.15, 0.2) is 11.9 Å². The molecule has 1 aliphatic rings. The molecule has 5 heteroatoms. The van der Waals surface area contributed by atoms with Gasteiger partial charge in [-0.1, -0.05) is 32.4 Å². The molecule has 1 fully saturated rings. The first-order chi connectivity index (χ1) is 10.3. The standard InChI is InChI=1S/C17H28O5/c1-12(7-6-8-13(2)11-18)9-10-14-15(16(19)20-5)22-17(3,4)21-14/h9-15H,6-8H2,1-5H3/b10-9+/t12-,13+,14-,15-/m1/s1. The van der Waals surface area contributed by atoms with E-state index in [0.29, 0.717) is 5.92 Å². The van der Waals surface area contributed by atoms with E-state index in [1.807, 2.05) is 19.1 Å². The maximum Gasteiger partial charge on any atom is 0.338 e. The Labute approximate surface area is 133 Å². The molecule has 126 valence electrons. The van der Waals surface area contributed by atoms with Gasteiger partial charge in [-0.05, 0) is 32.6 Å². The van der Waals surface area contributed by atoms with E-state index in [-0.39, 0.29) is 5.92 Å². The molecule has 0 unspecified atom stereocenters. The fourth-order valence-corrected chi connectivity index (χ4v) is 2.45. The summed E-state index contributed by atoms with van der Waals surface area (Å²) in [6, 6.07) is 0. The lowest BCUT2D eigenvalue weighted by molar-refractivity contribution is -0.167. The van der Waals surface area contributed by atoms with Gasteiger partial charge in [0, 0.05) is 5.92 Å². The zero-order chi connectivity index (χ0) is 16.8. The molecular formula is C17H28O5. The topological polar surface area (TPSA) is 61.8 Å². The van der Waals surface area contributed by atoms with Crippen LogP contribution in [0.4, 0.5) is 0 Å². The summed E-state index contributed by atoms with van der Waals surface area (Å²) in [6.45, 7) is 7.60. The molecule has 0 aliphatic carbocycles. The van der Waals surface area contributed by atoms with Gasteiger partial charge in [-0.25, -0.2) is 4.79 Å². The van der Waals surface area contributed by atoms with Crippen molar-refractivity contribution in [3.8, 4) is 0 Å². The van der Waals surface area contributed by atoms with Crippen molar-refractivity contribution in [2.45, 2.75) is 65.0 Å². The van der Waals surface area contributed by atoms with E-state index < -0.39 is 24.0 Å². The zero-order valence-corrected chi connectivity index (χ0v) is 14.2. The highest BCUT2D eigenvalue weighted by Crippen LogP contribution is 2.30. The molecule has 5 nitrogen and oxygen atoms in total. The predicted molar refractivity (Wildman–Crippen MR) is 83.2 cm³/mol. The molecule has 0 spiro atoms. The molecule has 0 aromatic heterocycles. The van der Waals surface area contributed by atoms with Crippen LogP contribution in [0.1, 0.15) is 47.0 Å². The highest BCUT2D eigenvalue weighted by Gasteiger charge is 2.44. The van der Waals surface area contributed by atoms with Gasteiger partial charge in [-0.15, -0.1) is 0 Å². The van der Waals surface area contributed by atoms with E-state index in [1.54, 1.807) is 13.8 Å². The third-order valence-electron chi connectivity index (χ3n) is 3.74. The molecule has 1 heterocycles. The molecule has 1 saturated heterocycles. The number of aldehydes is 1. The molecule has 4 atom stereocenters. The van der Waals surface area contributed by atoms with Gasteiger partial charge in [-0.3, -0.25) is 0 Å². The van der Waals surface area contributed by atoms with Crippen LogP contribution in [0.5, 0.6) is 0 Å². The van der Waals surface area contributed by atoms with E-state index in [9.17, 15) is 9.59 Å². The van der Waals surface area contributed by atoms with Crippen molar-refractivity contribution in [2.75, 3.05) is 7.11 Å². The third kappa shape index (κ3) is 5.89. The fourth-order valence-electron chi connectivity index (χ4n) is 2.45. The Balaban J connectivity index is 2.51. The normalized spacial score (nSPS) is 26.8. The molecule has 22 heavy (non-hydrogen) atoms. The first kappa shape index (κ1) is 18.8. The van der Waals surface area contributed by atoms with Gasteiger partial charge >= 0.3 is 5.97 Å². The molecule has 1 aliphatic heterocycles. The number of allylic oxidation sites excluding steroid dienone is 1. The zero-order valence-electron chi connectivity index (χ0n) is 14.2. The first-order valence-corrected chi connectivity index (χ1v) is 7.86. The predicted octanol–water partition coefficient (Wildman–Crippen LogP) is 2.88. The maximum absolute atomic E-state index is 11.7. The van der Waals surface area contributed by atoms with E-state index in [4.69, 9.17) is 14.2 Å². The summed E-state index contributed by atoms with van der Waals surface area (Å²) in [5.41, 5.74) is 0. The summed E-state index contributed by atoms with van der Waals surface area (Å²) in [7, 11) is 1.34. The Bertz CT molecular complexity index is 402. The van der Waals surface area contributed by atoms with Gasteiger partial charge in [-0.2, -0.15) is 0 Å². The Morgan fingerprint density at radius 1 is 1.23 bits per heavy atom. The highest BCUT2D eigenvalue weighted by molar-refractivity contribution is 5.76. The van der Waals surface area contributed by atoms with Gasteiger partial charge < -0.3 is 19.0 Å². The highest BCUT2D eigenvalue weighted by atomic mass is 16.8. The van der Waals surface area contributed by atoms with E-state index in [0.717, 1.165) is 25.5 Å². The quantitative estimate of drug-likeness (QED) is 0.392. The Kier molecular flexibility index (Phi) is 7.23. The second-order valence-corrected chi connectivity index (χ2v) is 6.45. The molecule has 0 radical (unpaired) electrons. The van der Waals surface area contributed by atoms with Crippen LogP contribution in [-0.4, -0.2) is 37.4 Å². The number of ether oxygens (including phenoxy) is 3. The van der Waals surface area contributed by atoms with Gasteiger partial charge in [0.1, 0.15) is 12.4 Å². The van der Waals surface area contributed by atoms with Crippen molar-refractivity contribution in [3.63, 3.8) is 0 Å². The summed E-state index contributed by atoms with van der Waals surface area (Å²) in [6.07, 6.45) is 6.66. The van der Waals surface area contributed by atoms with Crippen LogP contribution in [0, 0.1) is 11.8 Å². The van der Waals surface area contributed by atoms with Crippen molar-refractivity contribution in [3.05, 3.63) is 12.2 Å². The molecule has 1 rings (SSSR count). The van der Waals surface area contributed by atoms with Crippen molar-refractivity contribution in [1.82, 2.24) is 0 Å². The van der Waals surface area contributed by atoms with Crippen LogP contribution in [0.15, 0.2) is 12.2 Å². The monoisotopic (exact) mass is 312 g/mol. The number of hydrogen-bond donors (Lipinski definition) is 0. The Morgan fingerprint density at radius 3 is 2.45 bits per heavy atom. The summed E-state index contributed by atoms with van der Waals surface area (Å²) < 4.78 is 16.1. The average Bonchev–Trinajstić information content (AvgIpc) is 2.79. The Hall–Kier alpha value is -1.20. The minimum absolute atomic E-state index is 0.118. The molecule has 0 saturated carbocycles. The first-order valence-electron chi connectivity index (χ1n) is 7.86. The summed E-state index contributed by atoms with van der Waals surface area (Å²) in [5.74, 6) is -0.749. The molecule has 0 bridgehead atoms. The lowest BCUT2D eigenvalue weighted by atomic mass is 9.98. The van der Waals surface area contributed by atoms with E-state index in [1.165, 1.54) is 7.11 Å². The SMILES string of the molecule is COC(=O)[C@@H]1OC(C)(C)O[C@@H]1/C=C/[C@H](C)CCC[C@H](C)C=O. The number of rotatable bonds is 8. The average molecular weight is 312 g/mol. The van der Waals surface area contributed by atoms with E-state index in [2.05, 4.69) is 6.92 Å². The summed E-state index contributed by atoms with van der Waals surface area (Å²) >= 11 is 0. The van der Waals surface area contributed by atoms with Gasteiger partial charge in [0.25, 0.3) is 0 Å². The minimum atomic E-state index is -0.795. The van der Waals surface area contributed by atoms with Gasteiger partial charge in [0.05, 0.1) is 7.11 Å². The number of esters is 1. The maximum atomic E-state index is 11.7. The lowest BCUT2D eigenvalue weighted by Crippen LogP contribution is -2.31. The third-order valence-corrected chi connectivity index (χ3v) is 3.74. The lowest BCUT2D eigenvalue weighted by Gasteiger charge is -2.15. The second kappa shape index (κ2) is 8.44. The van der Waals surface area contributed by atoms with Crippen LogP contribution in [0.2, 0.25) is 0 Å². The number of hydrogen-bond acceptors (Lipinski definition) is 5. The summed E-state index contributed by atoms with van der Waals surface area (Å²) in [4.78, 5) is 22.3. The summed E-state index contributed by atoms with van der Waals surface area (Å²) in [5, 5.41) is 0. The van der Waals surface area contributed by atoms with Gasteiger partial charge in [0.2, 0.25) is 0 Å². The largest absolute Gasteiger partial charge is 0.467 e. The molecule has 0 N–H and O–H groups in total. The van der Waals surface area contributed by atoms with Crippen molar-refractivity contribution in [2.24, 2.45) is 11.8 Å². The van der Waals surface area contributed by atoms with Crippen molar-refractivity contribution in [1.29, 1.82) is 0 Å². The number of carbonyl (C=O) groups excluding carboxylic acids is 2. The molecular weight excluding hydrogens is 284 g/mol.